The Balaban J connectivity index is 2.34. The van der Waals surface area contributed by atoms with Crippen LogP contribution in [0, 0.1) is 5.92 Å². The number of H-pyrrole nitrogens is 1. The van der Waals surface area contributed by atoms with Crippen molar-refractivity contribution in [3.05, 3.63) is 35.0 Å². The molecular weight excluding hydrogens is 280 g/mol. The third-order valence-electron chi connectivity index (χ3n) is 3.65. The number of nitrogens with one attached hydrogen (secondary N) is 2. The van der Waals surface area contributed by atoms with Gasteiger partial charge >= 0.3 is 5.97 Å². The van der Waals surface area contributed by atoms with Crippen LogP contribution >= 0.6 is 0 Å². The molecule has 0 atom stereocenters. The van der Waals surface area contributed by atoms with Crippen molar-refractivity contribution in [1.29, 1.82) is 0 Å². The molecule has 3 N–H and O–H groups in total. The molecule has 0 spiro atoms. The first-order valence-corrected chi connectivity index (χ1v) is 7.55. The average molecular weight is 302 g/mol. The molecule has 5 nitrogen and oxygen atoms in total. The van der Waals surface area contributed by atoms with E-state index >= 15 is 0 Å². The Morgan fingerprint density at radius 3 is 2.64 bits per heavy atom. The number of carbonyl (C=O) groups excluding carboxylic acids is 1. The third-order valence-corrected chi connectivity index (χ3v) is 3.65. The second kappa shape index (κ2) is 6.64. The Hall–Kier alpha value is -2.30. The van der Waals surface area contributed by atoms with Gasteiger partial charge in [-0.3, -0.25) is 4.79 Å². The van der Waals surface area contributed by atoms with Crippen LogP contribution < -0.4 is 5.32 Å². The van der Waals surface area contributed by atoms with Gasteiger partial charge < -0.3 is 15.4 Å². The lowest BCUT2D eigenvalue weighted by Gasteiger charge is -2.08. The molecule has 1 heterocycles. The molecule has 0 unspecified atom stereocenters. The minimum atomic E-state index is -1.01. The maximum Gasteiger partial charge on any atom is 0.352 e. The van der Waals surface area contributed by atoms with Crippen LogP contribution in [-0.2, 0) is 17.8 Å². The Labute approximate surface area is 129 Å². The minimum Gasteiger partial charge on any atom is -0.477 e. The molecule has 118 valence electrons. The summed E-state index contributed by atoms with van der Waals surface area (Å²) in [6.45, 7) is 6.22. The van der Waals surface area contributed by atoms with Gasteiger partial charge in [-0.2, -0.15) is 0 Å². The molecule has 0 aliphatic carbocycles. The second-order valence-corrected chi connectivity index (χ2v) is 5.89. The van der Waals surface area contributed by atoms with Crippen molar-refractivity contribution in [2.75, 3.05) is 0 Å². The lowest BCUT2D eigenvalue weighted by atomic mass is 10.1. The van der Waals surface area contributed by atoms with Crippen LogP contribution in [-0.4, -0.2) is 22.0 Å². The number of aromatic carboxylic acids is 1. The predicted molar refractivity (Wildman–Crippen MR) is 85.9 cm³/mol. The fraction of sp³-hybridized carbons (Fsp3) is 0.412. The van der Waals surface area contributed by atoms with Gasteiger partial charge in [0, 0.05) is 29.4 Å². The molecule has 0 bridgehead atoms. The van der Waals surface area contributed by atoms with Crippen molar-refractivity contribution in [3.63, 3.8) is 0 Å². The van der Waals surface area contributed by atoms with Crippen LogP contribution in [0.3, 0.4) is 0 Å². The van der Waals surface area contributed by atoms with Crippen molar-refractivity contribution < 1.29 is 14.7 Å². The molecule has 1 aromatic heterocycles. The van der Waals surface area contributed by atoms with Gasteiger partial charge in [0.2, 0.25) is 5.91 Å². The molecule has 1 aromatic carbocycles. The molecule has 0 saturated heterocycles. The topological polar surface area (TPSA) is 82.2 Å². The molecule has 5 heteroatoms. The van der Waals surface area contributed by atoms with Crippen LogP contribution in [0.1, 0.15) is 48.8 Å². The number of rotatable bonds is 6. The second-order valence-electron chi connectivity index (χ2n) is 5.89. The number of carboxylic acids is 1. The fourth-order valence-electron chi connectivity index (χ4n) is 2.51. The number of hydrogen-bond acceptors (Lipinski definition) is 2. The maximum atomic E-state index is 11.8. The van der Waals surface area contributed by atoms with Crippen molar-refractivity contribution in [1.82, 2.24) is 10.3 Å². The zero-order chi connectivity index (χ0) is 16.3. The lowest BCUT2D eigenvalue weighted by molar-refractivity contribution is -0.121. The average Bonchev–Trinajstić information content (AvgIpc) is 2.82. The molecule has 2 rings (SSSR count). The van der Waals surface area contributed by atoms with Crippen LogP contribution in [0.2, 0.25) is 0 Å². The van der Waals surface area contributed by atoms with Gasteiger partial charge in [0.1, 0.15) is 5.69 Å². The highest BCUT2D eigenvalue weighted by Gasteiger charge is 2.18. The van der Waals surface area contributed by atoms with E-state index in [4.69, 9.17) is 0 Å². The van der Waals surface area contributed by atoms with Gasteiger partial charge in [-0.25, -0.2) is 4.79 Å². The molecule has 2 aromatic rings. The number of fused-ring (bicyclic) bond motifs is 1. The number of benzene rings is 1. The molecule has 0 radical (unpaired) electrons. The number of aromatic amines is 1. The van der Waals surface area contributed by atoms with Gasteiger partial charge in [0.05, 0.1) is 0 Å². The van der Waals surface area contributed by atoms with E-state index in [1.165, 1.54) is 0 Å². The van der Waals surface area contributed by atoms with E-state index in [1.807, 2.05) is 32.0 Å². The van der Waals surface area contributed by atoms with E-state index in [0.29, 0.717) is 12.0 Å². The number of aromatic nitrogens is 1. The molecule has 0 saturated carbocycles. The highest BCUT2D eigenvalue weighted by Crippen LogP contribution is 2.24. The standard InChI is InChI=1S/C17H22N2O3/c1-4-11-5-6-14-12(8-11)13(16(19-14)17(21)22)9-18-15(20)7-10(2)3/h5-6,8,10,19H,4,7,9H2,1-3H3,(H,18,20)(H,21,22). The van der Waals surface area contributed by atoms with Crippen LogP contribution in [0.4, 0.5) is 0 Å². The van der Waals surface area contributed by atoms with Crippen LogP contribution in [0.25, 0.3) is 10.9 Å². The first-order chi connectivity index (χ1) is 10.4. The summed E-state index contributed by atoms with van der Waals surface area (Å²) in [4.78, 5) is 26.2. The maximum absolute atomic E-state index is 11.8. The Bertz CT molecular complexity index is 701. The van der Waals surface area contributed by atoms with Crippen molar-refractivity contribution in [2.24, 2.45) is 5.92 Å². The largest absolute Gasteiger partial charge is 0.477 e. The number of carboxylic acid groups (broad SMARTS) is 1. The predicted octanol–water partition coefficient (Wildman–Crippen LogP) is 3.09. The van der Waals surface area contributed by atoms with Gasteiger partial charge in [-0.1, -0.05) is 26.8 Å². The zero-order valence-electron chi connectivity index (χ0n) is 13.2. The SMILES string of the molecule is CCc1ccc2[nH]c(C(=O)O)c(CNC(=O)CC(C)C)c2c1. The zero-order valence-corrected chi connectivity index (χ0v) is 13.2. The summed E-state index contributed by atoms with van der Waals surface area (Å²) in [5.41, 5.74) is 2.70. The number of hydrogen-bond donors (Lipinski definition) is 3. The first-order valence-electron chi connectivity index (χ1n) is 7.55. The van der Waals surface area contributed by atoms with Gasteiger partial charge in [-0.15, -0.1) is 0 Å². The van der Waals surface area contributed by atoms with E-state index in [9.17, 15) is 14.7 Å². The van der Waals surface area contributed by atoms with Gasteiger partial charge in [-0.05, 0) is 30.0 Å². The highest BCUT2D eigenvalue weighted by molar-refractivity contribution is 5.97. The Kier molecular flexibility index (Phi) is 4.85. The number of aryl methyl sites for hydroxylation is 1. The summed E-state index contributed by atoms with van der Waals surface area (Å²) in [6, 6.07) is 5.86. The van der Waals surface area contributed by atoms with E-state index in [1.54, 1.807) is 0 Å². The molecule has 22 heavy (non-hydrogen) atoms. The van der Waals surface area contributed by atoms with Gasteiger partial charge in [0.15, 0.2) is 0 Å². The molecular formula is C17H22N2O3. The van der Waals surface area contributed by atoms with E-state index in [-0.39, 0.29) is 24.1 Å². The summed E-state index contributed by atoms with van der Waals surface area (Å²) in [6.07, 6.45) is 1.31. The fourth-order valence-corrected chi connectivity index (χ4v) is 2.51. The van der Waals surface area contributed by atoms with Gasteiger partial charge in [0.25, 0.3) is 0 Å². The smallest absolute Gasteiger partial charge is 0.352 e. The van der Waals surface area contributed by atoms with Crippen LogP contribution in [0.5, 0.6) is 0 Å². The number of carbonyl (C=O) groups is 2. The van der Waals surface area contributed by atoms with E-state index in [0.717, 1.165) is 22.9 Å². The monoisotopic (exact) mass is 302 g/mol. The Morgan fingerprint density at radius 1 is 1.32 bits per heavy atom. The van der Waals surface area contributed by atoms with Crippen molar-refractivity contribution in [3.8, 4) is 0 Å². The third kappa shape index (κ3) is 3.47. The molecule has 0 aliphatic heterocycles. The van der Waals surface area contributed by atoms with E-state index in [2.05, 4.69) is 17.2 Å². The highest BCUT2D eigenvalue weighted by atomic mass is 16.4. The summed E-state index contributed by atoms with van der Waals surface area (Å²) in [5.74, 6) is -0.803. The summed E-state index contributed by atoms with van der Waals surface area (Å²) < 4.78 is 0. The summed E-state index contributed by atoms with van der Waals surface area (Å²) >= 11 is 0. The Morgan fingerprint density at radius 2 is 2.05 bits per heavy atom. The van der Waals surface area contributed by atoms with Crippen molar-refractivity contribution in [2.45, 2.75) is 40.2 Å². The number of amides is 1. The summed E-state index contributed by atoms with van der Waals surface area (Å²) in [7, 11) is 0. The quantitative estimate of drug-likeness (QED) is 0.767. The molecule has 0 fully saturated rings. The first kappa shape index (κ1) is 16.1. The lowest BCUT2D eigenvalue weighted by Crippen LogP contribution is -2.24. The summed E-state index contributed by atoms with van der Waals surface area (Å²) in [5, 5.41) is 13.0. The molecule has 0 aliphatic rings. The van der Waals surface area contributed by atoms with Crippen LogP contribution in [0.15, 0.2) is 18.2 Å². The minimum absolute atomic E-state index is 0.0627. The van der Waals surface area contributed by atoms with Crippen molar-refractivity contribution >= 4 is 22.8 Å². The normalized spacial score (nSPS) is 11.1. The van der Waals surface area contributed by atoms with E-state index < -0.39 is 5.97 Å². The molecule has 1 amide bonds.